The molecule has 2 aliphatic rings. The maximum Gasteiger partial charge on any atom is 0.254 e. The van der Waals surface area contributed by atoms with E-state index >= 15 is 0 Å². The van der Waals surface area contributed by atoms with Gasteiger partial charge in [-0.3, -0.25) is 4.79 Å². The number of carbonyl (C=O) groups excluding carboxylic acids is 1. The summed E-state index contributed by atoms with van der Waals surface area (Å²) in [6, 6.07) is 0.304. The van der Waals surface area contributed by atoms with Gasteiger partial charge in [-0.2, -0.15) is 5.10 Å². The third-order valence-corrected chi connectivity index (χ3v) is 4.67. The third-order valence-electron chi connectivity index (χ3n) is 4.41. The van der Waals surface area contributed by atoms with Crippen LogP contribution >= 0.6 is 11.6 Å². The quantitative estimate of drug-likeness (QED) is 0.828. The molecule has 1 saturated carbocycles. The zero-order valence-electron chi connectivity index (χ0n) is 14.0. The molecule has 2 unspecified atom stereocenters. The Morgan fingerprint density at radius 2 is 2.09 bits per heavy atom. The lowest BCUT2D eigenvalue weighted by molar-refractivity contribution is -0.114. The van der Waals surface area contributed by atoms with Crippen LogP contribution in [0.25, 0.3) is 0 Å². The zero-order chi connectivity index (χ0) is 17.0. The minimum absolute atomic E-state index is 0.118. The molecule has 0 saturated heterocycles. The molecule has 1 amide bonds. The molecule has 0 aromatic rings. The summed E-state index contributed by atoms with van der Waals surface area (Å²) in [5, 5.41) is 9.57. The van der Waals surface area contributed by atoms with Crippen LogP contribution in [0.4, 0.5) is 0 Å². The summed E-state index contributed by atoms with van der Waals surface area (Å²) in [4.78, 5) is 11.9. The fraction of sp³-hybridized carbons (Fsp3) is 0.529. The summed E-state index contributed by atoms with van der Waals surface area (Å²) in [5.41, 5.74) is 7.29. The first-order valence-electron chi connectivity index (χ1n) is 8.13. The van der Waals surface area contributed by atoms with Crippen LogP contribution in [0.5, 0.6) is 0 Å². The van der Waals surface area contributed by atoms with Gasteiger partial charge in [-0.05, 0) is 32.6 Å². The number of amides is 1. The minimum atomic E-state index is -0.566. The molecule has 5 nitrogen and oxygen atoms in total. The Labute approximate surface area is 142 Å². The number of primary amides is 1. The summed E-state index contributed by atoms with van der Waals surface area (Å²) < 4.78 is 0. The number of rotatable bonds is 4. The molecular formula is C17H25ClN4O. The fourth-order valence-corrected chi connectivity index (χ4v) is 3.43. The molecule has 2 rings (SSSR count). The Kier molecular flexibility index (Phi) is 5.88. The molecule has 2 atom stereocenters. The van der Waals surface area contributed by atoms with Crippen molar-refractivity contribution in [2.24, 2.45) is 16.8 Å². The van der Waals surface area contributed by atoms with Gasteiger partial charge in [0.05, 0.1) is 11.4 Å². The van der Waals surface area contributed by atoms with Gasteiger partial charge in [0, 0.05) is 12.2 Å². The van der Waals surface area contributed by atoms with Crippen LogP contribution in [0.3, 0.4) is 0 Å². The number of hydrogen-bond acceptors (Lipinski definition) is 4. The second-order valence-corrected chi connectivity index (χ2v) is 6.38. The van der Waals surface area contributed by atoms with Gasteiger partial charge in [0.15, 0.2) is 5.17 Å². The minimum Gasteiger partial charge on any atom is -0.380 e. The second kappa shape index (κ2) is 7.68. The van der Waals surface area contributed by atoms with Gasteiger partial charge in [-0.25, -0.2) is 5.01 Å². The Hall–Kier alpha value is -1.75. The summed E-state index contributed by atoms with van der Waals surface area (Å²) in [6.07, 6.45) is 10.3. The fourth-order valence-electron chi connectivity index (χ4n) is 3.16. The zero-order valence-corrected chi connectivity index (χ0v) is 14.7. The van der Waals surface area contributed by atoms with E-state index in [-0.39, 0.29) is 10.7 Å². The van der Waals surface area contributed by atoms with Crippen molar-refractivity contribution in [1.82, 2.24) is 10.3 Å². The molecule has 0 aromatic heterocycles. The Bertz CT molecular complexity index is 591. The lowest BCUT2D eigenvalue weighted by Gasteiger charge is -2.35. The van der Waals surface area contributed by atoms with Crippen molar-refractivity contribution >= 4 is 22.7 Å². The van der Waals surface area contributed by atoms with Crippen molar-refractivity contribution in [2.45, 2.75) is 52.5 Å². The maximum absolute atomic E-state index is 11.9. The molecular weight excluding hydrogens is 312 g/mol. The first-order chi connectivity index (χ1) is 11.0. The van der Waals surface area contributed by atoms with Crippen LogP contribution in [0, 0.1) is 5.92 Å². The van der Waals surface area contributed by atoms with Gasteiger partial charge in [0.2, 0.25) is 0 Å². The van der Waals surface area contributed by atoms with Gasteiger partial charge in [-0.1, -0.05) is 43.5 Å². The number of hydrogen-bond donors (Lipinski definition) is 2. The third kappa shape index (κ3) is 3.78. The maximum atomic E-state index is 11.9. The monoisotopic (exact) mass is 336 g/mol. The van der Waals surface area contributed by atoms with Crippen molar-refractivity contribution < 1.29 is 4.79 Å². The number of carbonyl (C=O) groups is 1. The van der Waals surface area contributed by atoms with E-state index in [2.05, 4.69) is 17.3 Å². The number of halogens is 1. The van der Waals surface area contributed by atoms with E-state index in [0.717, 1.165) is 12.1 Å². The number of nitrogens with one attached hydrogen (secondary N) is 1. The molecule has 1 aliphatic carbocycles. The molecule has 1 fully saturated rings. The van der Waals surface area contributed by atoms with Crippen LogP contribution in [0.1, 0.15) is 46.5 Å². The SMILES string of the molecule is CC=C1C(NC2CCCCC2C)=C(C(N)=O)C(Cl)=NN1/C=C\C. The molecule has 1 aliphatic heterocycles. The van der Waals surface area contributed by atoms with Crippen molar-refractivity contribution in [3.63, 3.8) is 0 Å². The molecule has 23 heavy (non-hydrogen) atoms. The lowest BCUT2D eigenvalue weighted by atomic mass is 9.85. The molecule has 0 aromatic carbocycles. The normalized spacial score (nSPS) is 27.6. The van der Waals surface area contributed by atoms with Gasteiger partial charge in [-0.15, -0.1) is 0 Å². The summed E-state index contributed by atoms with van der Waals surface area (Å²) in [5.74, 6) is -0.0273. The van der Waals surface area contributed by atoms with E-state index in [1.807, 2.05) is 32.2 Å². The van der Waals surface area contributed by atoms with E-state index in [9.17, 15) is 4.79 Å². The number of hydrazone groups is 1. The van der Waals surface area contributed by atoms with Crippen LogP contribution in [-0.4, -0.2) is 22.1 Å². The van der Waals surface area contributed by atoms with E-state index in [4.69, 9.17) is 17.3 Å². The van der Waals surface area contributed by atoms with Crippen LogP contribution in [-0.2, 0) is 4.79 Å². The predicted molar refractivity (Wildman–Crippen MR) is 94.5 cm³/mol. The molecule has 0 spiro atoms. The van der Waals surface area contributed by atoms with Gasteiger partial charge >= 0.3 is 0 Å². The van der Waals surface area contributed by atoms with Gasteiger partial charge < -0.3 is 11.1 Å². The predicted octanol–water partition coefficient (Wildman–Crippen LogP) is 3.20. The highest BCUT2D eigenvalue weighted by molar-refractivity contribution is 6.72. The molecule has 6 heteroatoms. The van der Waals surface area contributed by atoms with Crippen LogP contribution in [0.15, 0.2) is 40.4 Å². The number of allylic oxidation sites excluding steroid dienone is 2. The first kappa shape index (κ1) is 17.6. The summed E-state index contributed by atoms with van der Waals surface area (Å²) in [7, 11) is 0. The van der Waals surface area contributed by atoms with E-state index in [1.165, 1.54) is 19.3 Å². The summed E-state index contributed by atoms with van der Waals surface area (Å²) in [6.45, 7) is 6.05. The largest absolute Gasteiger partial charge is 0.380 e. The molecule has 126 valence electrons. The standard InChI is InChI=1S/C17H25ClN4O/c1-4-10-22-13(5-2)15(14(17(19)23)16(18)21-22)20-12-9-7-6-8-11(12)3/h4-5,10-12,20H,6-9H2,1-3H3,(H2,19,23)/b10-4-,13-5?. The number of nitrogens with two attached hydrogens (primary N) is 1. The molecule has 3 N–H and O–H groups in total. The van der Waals surface area contributed by atoms with Crippen molar-refractivity contribution in [3.8, 4) is 0 Å². The number of nitrogens with zero attached hydrogens (tertiary/aromatic N) is 2. The molecule has 0 bridgehead atoms. The van der Waals surface area contributed by atoms with E-state index < -0.39 is 5.91 Å². The molecule has 0 radical (unpaired) electrons. The Balaban J connectivity index is 2.44. The molecule has 1 heterocycles. The average Bonchev–Trinajstić information content (AvgIpc) is 2.49. The van der Waals surface area contributed by atoms with Gasteiger partial charge in [0.1, 0.15) is 5.57 Å². The Morgan fingerprint density at radius 1 is 1.39 bits per heavy atom. The van der Waals surface area contributed by atoms with E-state index in [0.29, 0.717) is 17.7 Å². The smallest absolute Gasteiger partial charge is 0.254 e. The summed E-state index contributed by atoms with van der Waals surface area (Å²) >= 11 is 6.23. The van der Waals surface area contributed by atoms with Crippen molar-refractivity contribution in [2.75, 3.05) is 0 Å². The highest BCUT2D eigenvalue weighted by Gasteiger charge is 2.31. The van der Waals surface area contributed by atoms with E-state index in [1.54, 1.807) is 5.01 Å². The van der Waals surface area contributed by atoms with Crippen molar-refractivity contribution in [3.05, 3.63) is 35.3 Å². The first-order valence-corrected chi connectivity index (χ1v) is 8.51. The highest BCUT2D eigenvalue weighted by Crippen LogP contribution is 2.30. The van der Waals surface area contributed by atoms with Gasteiger partial charge in [0.25, 0.3) is 5.91 Å². The van der Waals surface area contributed by atoms with Crippen LogP contribution < -0.4 is 11.1 Å². The average molecular weight is 337 g/mol. The second-order valence-electron chi connectivity index (χ2n) is 6.02. The highest BCUT2D eigenvalue weighted by atomic mass is 35.5. The van der Waals surface area contributed by atoms with Crippen LogP contribution in [0.2, 0.25) is 0 Å². The van der Waals surface area contributed by atoms with Crippen molar-refractivity contribution in [1.29, 1.82) is 0 Å². The topological polar surface area (TPSA) is 70.7 Å². The lowest BCUT2D eigenvalue weighted by Crippen LogP contribution is -2.42. The Morgan fingerprint density at radius 3 is 2.65 bits per heavy atom.